The second kappa shape index (κ2) is 3.56. The Morgan fingerprint density at radius 1 is 1.31 bits per heavy atom. The van der Waals surface area contributed by atoms with E-state index >= 15 is 0 Å². The molecule has 1 aliphatic heterocycles. The lowest BCUT2D eigenvalue weighted by Crippen LogP contribution is -2.53. The Hall–Kier alpha value is -0.120. The van der Waals surface area contributed by atoms with Gasteiger partial charge in [0.2, 0.25) is 0 Å². The van der Waals surface area contributed by atoms with Crippen molar-refractivity contribution in [2.45, 2.75) is 32.3 Å². The lowest BCUT2D eigenvalue weighted by atomic mass is 9.70. The van der Waals surface area contributed by atoms with E-state index in [1.54, 1.807) is 0 Å². The van der Waals surface area contributed by atoms with E-state index in [-0.39, 0.29) is 12.0 Å². The minimum Gasteiger partial charge on any atom is -0.396 e. The first-order valence-electron chi connectivity index (χ1n) is 4.93. The summed E-state index contributed by atoms with van der Waals surface area (Å²) in [6.07, 6.45) is 1.52. The minimum atomic E-state index is -0.686. The van der Waals surface area contributed by atoms with E-state index in [1.807, 2.05) is 13.8 Å². The number of likely N-dealkylation sites (tertiary alicyclic amines) is 1. The van der Waals surface area contributed by atoms with Gasteiger partial charge >= 0.3 is 0 Å². The van der Waals surface area contributed by atoms with Crippen molar-refractivity contribution in [3.05, 3.63) is 0 Å². The lowest BCUT2D eigenvalue weighted by Gasteiger charge is -2.46. The van der Waals surface area contributed by atoms with Crippen LogP contribution in [-0.2, 0) is 0 Å². The molecule has 0 amide bonds. The zero-order valence-electron chi connectivity index (χ0n) is 8.88. The Balaban J connectivity index is 2.66. The topological polar surface area (TPSA) is 43.7 Å². The Labute approximate surface area is 80.4 Å². The first kappa shape index (κ1) is 11.0. The molecule has 1 rings (SSSR count). The van der Waals surface area contributed by atoms with Crippen LogP contribution in [0.4, 0.5) is 0 Å². The normalized spacial score (nSPS) is 24.7. The molecule has 2 N–H and O–H groups in total. The summed E-state index contributed by atoms with van der Waals surface area (Å²) in [6, 6.07) is 0. The molecule has 0 saturated carbocycles. The highest BCUT2D eigenvalue weighted by Crippen LogP contribution is 2.38. The molecule has 0 bridgehead atoms. The average Bonchev–Trinajstić information content (AvgIpc) is 2.10. The predicted octanol–water partition coefficient (Wildman–Crippen LogP) is 0.462. The fraction of sp³-hybridized carbons (Fsp3) is 1.00. The summed E-state index contributed by atoms with van der Waals surface area (Å²) in [7, 11) is 2.06. The van der Waals surface area contributed by atoms with Gasteiger partial charge in [0.05, 0.1) is 12.2 Å². The van der Waals surface area contributed by atoms with Crippen molar-refractivity contribution >= 4 is 0 Å². The summed E-state index contributed by atoms with van der Waals surface area (Å²) >= 11 is 0. The molecular formula is C10H21NO2. The second-order valence-corrected chi connectivity index (χ2v) is 4.88. The van der Waals surface area contributed by atoms with Crippen molar-refractivity contribution in [1.82, 2.24) is 4.90 Å². The molecule has 1 aliphatic rings. The molecule has 0 aromatic carbocycles. The lowest BCUT2D eigenvalue weighted by molar-refractivity contribution is -0.121. The van der Waals surface area contributed by atoms with Crippen molar-refractivity contribution in [3.8, 4) is 0 Å². The van der Waals surface area contributed by atoms with Crippen LogP contribution in [0.15, 0.2) is 0 Å². The Kier molecular flexibility index (Phi) is 3.00. The largest absolute Gasteiger partial charge is 0.396 e. The number of aliphatic hydroxyl groups is 2. The van der Waals surface area contributed by atoms with Crippen molar-refractivity contribution in [2.24, 2.45) is 5.41 Å². The van der Waals surface area contributed by atoms with Crippen LogP contribution in [0.1, 0.15) is 26.7 Å². The van der Waals surface area contributed by atoms with Crippen molar-refractivity contribution < 1.29 is 10.2 Å². The number of aliphatic hydroxyl groups excluding tert-OH is 1. The molecule has 13 heavy (non-hydrogen) atoms. The molecule has 1 saturated heterocycles. The van der Waals surface area contributed by atoms with Crippen LogP contribution < -0.4 is 0 Å². The average molecular weight is 187 g/mol. The fourth-order valence-corrected chi connectivity index (χ4v) is 1.81. The van der Waals surface area contributed by atoms with Gasteiger partial charge in [0.1, 0.15) is 0 Å². The van der Waals surface area contributed by atoms with Gasteiger partial charge < -0.3 is 15.1 Å². The molecule has 3 nitrogen and oxygen atoms in total. The number of nitrogens with zero attached hydrogens (tertiary/aromatic N) is 1. The Bertz CT molecular complexity index is 172. The van der Waals surface area contributed by atoms with E-state index in [0.29, 0.717) is 0 Å². The summed E-state index contributed by atoms with van der Waals surface area (Å²) < 4.78 is 0. The third-order valence-electron chi connectivity index (χ3n) is 3.47. The molecule has 0 aromatic rings. The summed E-state index contributed by atoms with van der Waals surface area (Å²) in [5.74, 6) is 0. The quantitative estimate of drug-likeness (QED) is 0.660. The summed E-state index contributed by atoms with van der Waals surface area (Å²) in [5, 5.41) is 19.5. The fourth-order valence-electron chi connectivity index (χ4n) is 1.81. The zero-order valence-corrected chi connectivity index (χ0v) is 8.88. The molecule has 3 heteroatoms. The van der Waals surface area contributed by atoms with Crippen LogP contribution in [0.5, 0.6) is 0 Å². The SMILES string of the molecule is CN1CCC(O)(C(C)(C)CO)CC1. The van der Waals surface area contributed by atoms with Gasteiger partial charge in [-0.3, -0.25) is 0 Å². The molecule has 0 radical (unpaired) electrons. The first-order valence-corrected chi connectivity index (χ1v) is 4.93. The molecular weight excluding hydrogens is 166 g/mol. The molecule has 0 unspecified atom stereocenters. The maximum atomic E-state index is 10.3. The Morgan fingerprint density at radius 2 is 1.77 bits per heavy atom. The number of hydrogen-bond donors (Lipinski definition) is 2. The van der Waals surface area contributed by atoms with E-state index in [4.69, 9.17) is 0 Å². The number of hydrogen-bond acceptors (Lipinski definition) is 3. The third-order valence-corrected chi connectivity index (χ3v) is 3.47. The molecule has 0 aromatic heterocycles. The van der Waals surface area contributed by atoms with Crippen LogP contribution >= 0.6 is 0 Å². The molecule has 78 valence electrons. The maximum absolute atomic E-state index is 10.3. The van der Waals surface area contributed by atoms with Gasteiger partial charge in [0.25, 0.3) is 0 Å². The third kappa shape index (κ3) is 2.03. The second-order valence-electron chi connectivity index (χ2n) is 4.88. The summed E-state index contributed by atoms with van der Waals surface area (Å²) in [4.78, 5) is 2.21. The van der Waals surface area contributed by atoms with Crippen LogP contribution in [0, 0.1) is 5.41 Å². The minimum absolute atomic E-state index is 0.0488. The van der Waals surface area contributed by atoms with Crippen molar-refractivity contribution in [2.75, 3.05) is 26.7 Å². The zero-order chi connectivity index (χ0) is 10.1. The molecule has 1 fully saturated rings. The molecule has 0 aliphatic carbocycles. The summed E-state index contributed by atoms with van der Waals surface area (Å²) in [5.41, 5.74) is -1.07. The van der Waals surface area contributed by atoms with Crippen LogP contribution in [0.25, 0.3) is 0 Å². The van der Waals surface area contributed by atoms with Crippen molar-refractivity contribution in [1.29, 1.82) is 0 Å². The van der Waals surface area contributed by atoms with Gasteiger partial charge in [0, 0.05) is 18.5 Å². The smallest absolute Gasteiger partial charge is 0.0744 e. The Morgan fingerprint density at radius 3 is 2.15 bits per heavy atom. The van der Waals surface area contributed by atoms with Gasteiger partial charge in [-0.25, -0.2) is 0 Å². The highest BCUT2D eigenvalue weighted by atomic mass is 16.3. The first-order chi connectivity index (χ1) is 5.91. The highest BCUT2D eigenvalue weighted by molar-refractivity contribution is 4.96. The highest BCUT2D eigenvalue weighted by Gasteiger charge is 2.44. The van der Waals surface area contributed by atoms with Gasteiger partial charge in [-0.05, 0) is 19.9 Å². The number of rotatable bonds is 2. The van der Waals surface area contributed by atoms with E-state index in [2.05, 4.69) is 11.9 Å². The van der Waals surface area contributed by atoms with Crippen LogP contribution in [-0.4, -0.2) is 47.5 Å². The van der Waals surface area contributed by atoms with E-state index in [1.165, 1.54) is 0 Å². The van der Waals surface area contributed by atoms with Crippen LogP contribution in [0.2, 0.25) is 0 Å². The van der Waals surface area contributed by atoms with E-state index < -0.39 is 5.60 Å². The number of piperidine rings is 1. The predicted molar refractivity (Wildman–Crippen MR) is 52.5 cm³/mol. The molecule has 1 heterocycles. The van der Waals surface area contributed by atoms with Gasteiger partial charge in [-0.15, -0.1) is 0 Å². The standard InChI is InChI=1S/C10H21NO2/c1-9(2,8-12)10(13)4-6-11(3)7-5-10/h12-13H,4-8H2,1-3H3. The van der Waals surface area contributed by atoms with E-state index in [0.717, 1.165) is 25.9 Å². The van der Waals surface area contributed by atoms with Gasteiger partial charge in [-0.1, -0.05) is 13.8 Å². The molecule has 0 spiro atoms. The van der Waals surface area contributed by atoms with Crippen LogP contribution in [0.3, 0.4) is 0 Å². The van der Waals surface area contributed by atoms with Crippen molar-refractivity contribution in [3.63, 3.8) is 0 Å². The monoisotopic (exact) mass is 187 g/mol. The summed E-state index contributed by atoms with van der Waals surface area (Å²) in [6.45, 7) is 5.74. The van der Waals surface area contributed by atoms with Gasteiger partial charge in [-0.2, -0.15) is 0 Å². The van der Waals surface area contributed by atoms with Gasteiger partial charge in [0.15, 0.2) is 0 Å². The molecule has 0 atom stereocenters. The maximum Gasteiger partial charge on any atom is 0.0744 e. The van der Waals surface area contributed by atoms with E-state index in [9.17, 15) is 10.2 Å².